The number of likely N-dealkylation sites (N-methyl/N-ethyl adjacent to an activating group) is 1. The molecule has 1 atom stereocenters. The molecule has 0 spiro atoms. The van der Waals surface area contributed by atoms with Crippen molar-refractivity contribution in [3.63, 3.8) is 0 Å². The minimum atomic E-state index is -4.63. The van der Waals surface area contributed by atoms with Crippen LogP contribution in [0.1, 0.15) is 25.8 Å². The third-order valence-electron chi connectivity index (χ3n) is 5.47. The number of carbonyl (C=O) groups is 3. The molecule has 0 aliphatic carbocycles. The van der Waals surface area contributed by atoms with Gasteiger partial charge in [0.15, 0.2) is 0 Å². The van der Waals surface area contributed by atoms with Crippen molar-refractivity contribution >= 4 is 29.1 Å². The van der Waals surface area contributed by atoms with Gasteiger partial charge in [-0.1, -0.05) is 12.1 Å². The van der Waals surface area contributed by atoms with E-state index >= 15 is 0 Å². The molecule has 0 aromatic heterocycles. The van der Waals surface area contributed by atoms with E-state index in [1.807, 2.05) is 6.92 Å². The lowest BCUT2D eigenvalue weighted by Gasteiger charge is -2.24. The molecule has 3 rings (SSSR count). The number of para-hydroxylation sites is 1. The van der Waals surface area contributed by atoms with E-state index in [0.29, 0.717) is 18.0 Å². The standard InChI is InChI=1S/C24H26F3N3O4/c1-3-29(15-21(31)28-20-8-6-5-7-19(20)24(25,26)27)23(33)16-13-22(32)30(14-16)17-9-11-18(12-10-17)34-4-2/h5-12,16H,3-4,13-15H2,1-2H3,(H,28,31). The Labute approximate surface area is 195 Å². The van der Waals surface area contributed by atoms with Crippen LogP contribution >= 0.6 is 0 Å². The number of carbonyl (C=O) groups excluding carboxylic acids is 3. The van der Waals surface area contributed by atoms with Crippen LogP contribution in [0.15, 0.2) is 48.5 Å². The summed E-state index contributed by atoms with van der Waals surface area (Å²) >= 11 is 0. The maximum atomic E-state index is 13.2. The highest BCUT2D eigenvalue weighted by Crippen LogP contribution is 2.34. The Morgan fingerprint density at radius 3 is 2.41 bits per heavy atom. The third kappa shape index (κ3) is 5.86. The van der Waals surface area contributed by atoms with Crippen LogP contribution in [-0.4, -0.2) is 48.9 Å². The second kappa shape index (κ2) is 10.6. The van der Waals surface area contributed by atoms with Crippen LogP contribution in [0.2, 0.25) is 0 Å². The molecule has 1 saturated heterocycles. The van der Waals surface area contributed by atoms with Crippen molar-refractivity contribution in [2.24, 2.45) is 5.92 Å². The summed E-state index contributed by atoms with van der Waals surface area (Å²) in [7, 11) is 0. The number of anilines is 2. The van der Waals surface area contributed by atoms with Crippen molar-refractivity contribution in [3.05, 3.63) is 54.1 Å². The Morgan fingerprint density at radius 2 is 1.79 bits per heavy atom. The van der Waals surface area contributed by atoms with Gasteiger partial charge in [-0.3, -0.25) is 14.4 Å². The quantitative estimate of drug-likeness (QED) is 0.625. The number of nitrogens with one attached hydrogen (secondary N) is 1. The number of hydrogen-bond acceptors (Lipinski definition) is 4. The zero-order valence-electron chi connectivity index (χ0n) is 18.9. The first-order chi connectivity index (χ1) is 16.1. The van der Waals surface area contributed by atoms with Gasteiger partial charge in [0.1, 0.15) is 5.75 Å². The summed E-state index contributed by atoms with van der Waals surface area (Å²) < 4.78 is 44.9. The number of ether oxygens (including phenoxy) is 1. The topological polar surface area (TPSA) is 79.0 Å². The molecule has 0 saturated carbocycles. The molecule has 0 radical (unpaired) electrons. The summed E-state index contributed by atoms with van der Waals surface area (Å²) in [5.41, 5.74) is -0.709. The predicted octanol–water partition coefficient (Wildman–Crippen LogP) is 3.94. The molecule has 3 amide bonds. The molecule has 0 bridgehead atoms. The molecule has 1 unspecified atom stereocenters. The van der Waals surface area contributed by atoms with Crippen LogP contribution in [0.5, 0.6) is 5.75 Å². The predicted molar refractivity (Wildman–Crippen MR) is 120 cm³/mol. The highest BCUT2D eigenvalue weighted by molar-refractivity contribution is 6.01. The van der Waals surface area contributed by atoms with E-state index in [0.717, 1.165) is 12.1 Å². The van der Waals surface area contributed by atoms with Crippen LogP contribution in [0.4, 0.5) is 24.5 Å². The summed E-state index contributed by atoms with van der Waals surface area (Å²) in [5.74, 6) is -1.36. The van der Waals surface area contributed by atoms with Gasteiger partial charge in [0.25, 0.3) is 0 Å². The molecular weight excluding hydrogens is 451 g/mol. The van der Waals surface area contributed by atoms with Gasteiger partial charge in [-0.15, -0.1) is 0 Å². The van der Waals surface area contributed by atoms with Crippen molar-refractivity contribution in [3.8, 4) is 5.75 Å². The minimum Gasteiger partial charge on any atom is -0.494 e. The molecule has 2 aromatic carbocycles. The zero-order chi connectivity index (χ0) is 24.9. The van der Waals surface area contributed by atoms with Crippen molar-refractivity contribution in [1.29, 1.82) is 0 Å². The Morgan fingerprint density at radius 1 is 1.12 bits per heavy atom. The fraction of sp³-hybridized carbons (Fsp3) is 0.375. The summed E-state index contributed by atoms with van der Waals surface area (Å²) in [6, 6.07) is 11.6. The Balaban J connectivity index is 1.64. The minimum absolute atomic E-state index is 0.0128. The van der Waals surface area contributed by atoms with E-state index in [2.05, 4.69) is 5.32 Å². The van der Waals surface area contributed by atoms with Gasteiger partial charge in [0, 0.05) is 25.2 Å². The van der Waals surface area contributed by atoms with E-state index in [9.17, 15) is 27.6 Å². The van der Waals surface area contributed by atoms with E-state index < -0.39 is 36.0 Å². The lowest BCUT2D eigenvalue weighted by Crippen LogP contribution is -2.42. The normalized spacial score (nSPS) is 15.9. The first-order valence-electron chi connectivity index (χ1n) is 10.9. The zero-order valence-corrected chi connectivity index (χ0v) is 18.9. The van der Waals surface area contributed by atoms with Crippen LogP contribution in [0.25, 0.3) is 0 Å². The van der Waals surface area contributed by atoms with Crippen LogP contribution in [0.3, 0.4) is 0 Å². The number of hydrogen-bond donors (Lipinski definition) is 1. The molecule has 1 fully saturated rings. The van der Waals surface area contributed by atoms with Crippen LogP contribution in [0, 0.1) is 5.92 Å². The second-order valence-electron chi connectivity index (χ2n) is 7.78. The summed E-state index contributed by atoms with van der Waals surface area (Å²) in [5, 5.41) is 2.24. The van der Waals surface area contributed by atoms with Crippen LogP contribution in [-0.2, 0) is 20.6 Å². The van der Waals surface area contributed by atoms with E-state index in [1.165, 1.54) is 21.9 Å². The molecule has 1 aliphatic heterocycles. The van der Waals surface area contributed by atoms with Crippen molar-refractivity contribution in [2.45, 2.75) is 26.4 Å². The molecular formula is C24H26F3N3O4. The number of halogens is 3. The highest BCUT2D eigenvalue weighted by atomic mass is 19.4. The van der Waals surface area contributed by atoms with E-state index in [1.54, 1.807) is 31.2 Å². The molecule has 182 valence electrons. The number of rotatable bonds is 8. The maximum absolute atomic E-state index is 13.2. The average Bonchev–Trinajstić information content (AvgIpc) is 3.19. The summed E-state index contributed by atoms with van der Waals surface area (Å²) in [6.07, 6.45) is -4.64. The Bertz CT molecular complexity index is 1040. The van der Waals surface area contributed by atoms with Gasteiger partial charge >= 0.3 is 6.18 Å². The number of amides is 3. The highest BCUT2D eigenvalue weighted by Gasteiger charge is 2.38. The number of nitrogens with zero attached hydrogens (tertiary/aromatic N) is 2. The lowest BCUT2D eigenvalue weighted by molar-refractivity contribution is -0.138. The van der Waals surface area contributed by atoms with Gasteiger partial charge in [-0.25, -0.2) is 0 Å². The van der Waals surface area contributed by atoms with Gasteiger partial charge in [0.2, 0.25) is 17.7 Å². The first kappa shape index (κ1) is 25.1. The van der Waals surface area contributed by atoms with Crippen molar-refractivity contribution in [1.82, 2.24) is 4.90 Å². The smallest absolute Gasteiger partial charge is 0.418 e. The van der Waals surface area contributed by atoms with Crippen LogP contribution < -0.4 is 15.0 Å². The third-order valence-corrected chi connectivity index (χ3v) is 5.47. The van der Waals surface area contributed by atoms with Crippen molar-refractivity contribution < 1.29 is 32.3 Å². The molecule has 1 N–H and O–H groups in total. The fourth-order valence-corrected chi connectivity index (χ4v) is 3.82. The summed E-state index contributed by atoms with van der Waals surface area (Å²) in [4.78, 5) is 40.8. The van der Waals surface area contributed by atoms with Gasteiger partial charge in [0.05, 0.1) is 30.3 Å². The molecule has 34 heavy (non-hydrogen) atoms. The lowest BCUT2D eigenvalue weighted by atomic mass is 10.1. The SMILES string of the molecule is CCOc1ccc(N2CC(C(=O)N(CC)CC(=O)Nc3ccccc3C(F)(F)F)CC2=O)cc1. The fourth-order valence-electron chi connectivity index (χ4n) is 3.82. The second-order valence-corrected chi connectivity index (χ2v) is 7.78. The van der Waals surface area contributed by atoms with E-state index in [-0.39, 0.29) is 31.1 Å². The number of alkyl halides is 3. The molecule has 1 heterocycles. The average molecular weight is 477 g/mol. The molecule has 10 heteroatoms. The Hall–Kier alpha value is -3.56. The van der Waals surface area contributed by atoms with Gasteiger partial charge in [-0.2, -0.15) is 13.2 Å². The number of benzene rings is 2. The largest absolute Gasteiger partial charge is 0.494 e. The van der Waals surface area contributed by atoms with Crippen molar-refractivity contribution in [2.75, 3.05) is 36.5 Å². The van der Waals surface area contributed by atoms with Gasteiger partial charge in [-0.05, 0) is 50.2 Å². The molecule has 7 nitrogen and oxygen atoms in total. The monoisotopic (exact) mass is 477 g/mol. The van der Waals surface area contributed by atoms with E-state index in [4.69, 9.17) is 4.74 Å². The van der Waals surface area contributed by atoms with Gasteiger partial charge < -0.3 is 19.9 Å². The maximum Gasteiger partial charge on any atom is 0.418 e. The summed E-state index contributed by atoms with van der Waals surface area (Å²) in [6.45, 7) is 3.94. The first-order valence-corrected chi connectivity index (χ1v) is 10.9. The molecule has 2 aromatic rings. The Kier molecular flexibility index (Phi) is 7.80. The molecule has 1 aliphatic rings.